The maximum absolute atomic E-state index is 11.3. The lowest BCUT2D eigenvalue weighted by Crippen LogP contribution is -2.20. The van der Waals surface area contributed by atoms with E-state index < -0.39 is 25.6 Å². The first-order valence-electron chi connectivity index (χ1n) is 7.95. The SMILES string of the molecule is Nc1nc(NC2CC2)c2ncn(C[C@H]3C[C@@H](P(=O)(O)O)O[C@H]3O)c2n1. The molecule has 2 aromatic rings. The summed E-state index contributed by atoms with van der Waals surface area (Å²) in [5.74, 6) is -1.12. The molecule has 0 spiro atoms. The normalized spacial score (nSPS) is 27.1. The van der Waals surface area contributed by atoms with Crippen LogP contribution in [0.4, 0.5) is 11.8 Å². The van der Waals surface area contributed by atoms with Crippen molar-refractivity contribution >= 4 is 30.5 Å². The van der Waals surface area contributed by atoms with Crippen molar-refractivity contribution in [3.05, 3.63) is 6.33 Å². The molecule has 4 rings (SSSR count). The van der Waals surface area contributed by atoms with Gasteiger partial charge in [0.15, 0.2) is 29.1 Å². The van der Waals surface area contributed by atoms with Gasteiger partial charge in [0, 0.05) is 18.5 Å². The molecule has 11 nitrogen and oxygen atoms in total. The van der Waals surface area contributed by atoms with Crippen LogP contribution >= 0.6 is 7.60 Å². The summed E-state index contributed by atoms with van der Waals surface area (Å²) in [6, 6.07) is 0.372. The minimum atomic E-state index is -4.41. The molecule has 1 aliphatic carbocycles. The molecule has 0 unspecified atom stereocenters. The monoisotopic (exact) mass is 370 g/mol. The summed E-state index contributed by atoms with van der Waals surface area (Å²) in [6.07, 6.45) is 2.47. The van der Waals surface area contributed by atoms with E-state index in [0.717, 1.165) is 12.8 Å². The Bertz CT molecular complexity index is 849. The number of nitrogen functional groups attached to an aromatic ring is 1. The standard InChI is InChI=1S/C13H19N6O5P/c14-13-17-10(16-7-1-2-7)9-11(18-13)19(5-15-9)4-6-3-8(24-12(6)20)25(21,22)23/h5-8,12,20H,1-4H2,(H2,21,22,23)(H3,14,16,17,18)/t6-,8-,12-/m1/s1. The van der Waals surface area contributed by atoms with Gasteiger partial charge in [-0.15, -0.1) is 0 Å². The quantitative estimate of drug-likeness (QED) is 0.446. The van der Waals surface area contributed by atoms with Crippen molar-refractivity contribution in [1.82, 2.24) is 19.5 Å². The van der Waals surface area contributed by atoms with Gasteiger partial charge in [-0.1, -0.05) is 0 Å². The molecular weight excluding hydrogens is 351 g/mol. The number of nitrogens with one attached hydrogen (secondary N) is 1. The Hall–Kier alpha value is -1.78. The van der Waals surface area contributed by atoms with Crippen LogP contribution in [0.1, 0.15) is 19.3 Å². The third-order valence-corrected chi connectivity index (χ3v) is 5.49. The molecule has 136 valence electrons. The molecule has 12 heteroatoms. The second kappa shape index (κ2) is 5.89. The molecule has 3 atom stereocenters. The molecule has 3 heterocycles. The van der Waals surface area contributed by atoms with Crippen LogP contribution in [0.3, 0.4) is 0 Å². The highest BCUT2D eigenvalue weighted by Crippen LogP contribution is 2.49. The van der Waals surface area contributed by atoms with Crippen molar-refractivity contribution in [2.24, 2.45) is 5.92 Å². The fourth-order valence-corrected chi connectivity index (χ4v) is 3.78. The average Bonchev–Trinajstić information content (AvgIpc) is 3.12. The highest BCUT2D eigenvalue weighted by molar-refractivity contribution is 7.52. The van der Waals surface area contributed by atoms with Gasteiger partial charge in [-0.25, -0.2) is 4.98 Å². The predicted octanol–water partition coefficient (Wildman–Crippen LogP) is -0.159. The van der Waals surface area contributed by atoms with E-state index in [2.05, 4.69) is 20.3 Å². The van der Waals surface area contributed by atoms with E-state index in [-0.39, 0.29) is 18.9 Å². The van der Waals surface area contributed by atoms with Gasteiger partial charge >= 0.3 is 7.60 Å². The van der Waals surface area contributed by atoms with Crippen LogP contribution in [0.5, 0.6) is 0 Å². The Morgan fingerprint density at radius 2 is 2.16 bits per heavy atom. The number of aliphatic hydroxyl groups is 1. The minimum absolute atomic E-state index is 0.0405. The minimum Gasteiger partial charge on any atom is -0.368 e. The lowest BCUT2D eigenvalue weighted by Gasteiger charge is -2.13. The lowest BCUT2D eigenvalue weighted by atomic mass is 10.1. The number of nitrogens with two attached hydrogens (primary N) is 1. The first-order valence-corrected chi connectivity index (χ1v) is 9.63. The number of hydrogen-bond acceptors (Lipinski definition) is 8. The number of aromatic nitrogens is 4. The first-order chi connectivity index (χ1) is 11.8. The van der Waals surface area contributed by atoms with E-state index in [0.29, 0.717) is 23.0 Å². The van der Waals surface area contributed by atoms with Gasteiger partial charge in [0.25, 0.3) is 0 Å². The summed E-state index contributed by atoms with van der Waals surface area (Å²) in [5, 5.41) is 13.2. The van der Waals surface area contributed by atoms with Gasteiger partial charge in [0.1, 0.15) is 0 Å². The Morgan fingerprint density at radius 3 is 2.80 bits per heavy atom. The molecule has 1 saturated heterocycles. The summed E-state index contributed by atoms with van der Waals surface area (Å²) in [4.78, 5) is 31.2. The van der Waals surface area contributed by atoms with Crippen LogP contribution < -0.4 is 11.1 Å². The van der Waals surface area contributed by atoms with E-state index in [1.54, 1.807) is 10.9 Å². The van der Waals surface area contributed by atoms with Crippen molar-refractivity contribution in [3.63, 3.8) is 0 Å². The summed E-state index contributed by atoms with van der Waals surface area (Å²) >= 11 is 0. The Balaban J connectivity index is 1.59. The van der Waals surface area contributed by atoms with Crippen molar-refractivity contribution in [1.29, 1.82) is 0 Å². The van der Waals surface area contributed by atoms with Gasteiger partial charge < -0.3 is 35.2 Å². The molecule has 2 aliphatic rings. The third kappa shape index (κ3) is 3.33. The fraction of sp³-hybridized carbons (Fsp3) is 0.615. The molecule has 6 N–H and O–H groups in total. The van der Waals surface area contributed by atoms with Gasteiger partial charge in [-0.05, 0) is 19.3 Å². The van der Waals surface area contributed by atoms with Crippen LogP contribution in [0.15, 0.2) is 6.33 Å². The van der Waals surface area contributed by atoms with Gasteiger partial charge in [0.2, 0.25) is 5.95 Å². The predicted molar refractivity (Wildman–Crippen MR) is 87.4 cm³/mol. The summed E-state index contributed by atoms with van der Waals surface area (Å²) in [5.41, 5.74) is 6.86. The van der Waals surface area contributed by atoms with Crippen molar-refractivity contribution in [2.75, 3.05) is 11.1 Å². The van der Waals surface area contributed by atoms with E-state index >= 15 is 0 Å². The van der Waals surface area contributed by atoms with Gasteiger partial charge in [-0.2, -0.15) is 9.97 Å². The number of aliphatic hydroxyl groups excluding tert-OH is 1. The van der Waals surface area contributed by atoms with Crippen molar-refractivity contribution in [3.8, 4) is 0 Å². The Labute approximate surface area is 142 Å². The Kier molecular flexibility index (Phi) is 3.93. The zero-order chi connectivity index (χ0) is 17.8. The molecule has 2 fully saturated rings. The van der Waals surface area contributed by atoms with E-state index in [9.17, 15) is 19.5 Å². The highest BCUT2D eigenvalue weighted by Gasteiger charge is 2.43. The van der Waals surface area contributed by atoms with Crippen molar-refractivity contribution < 1.29 is 24.2 Å². The topological polar surface area (TPSA) is 169 Å². The zero-order valence-electron chi connectivity index (χ0n) is 13.2. The van der Waals surface area contributed by atoms with Crippen LogP contribution in [0.25, 0.3) is 11.2 Å². The third-order valence-electron chi connectivity index (χ3n) is 4.41. The van der Waals surface area contributed by atoms with Crippen molar-refractivity contribution in [2.45, 2.75) is 44.0 Å². The molecule has 0 amide bonds. The number of rotatable bonds is 5. The zero-order valence-corrected chi connectivity index (χ0v) is 14.1. The molecule has 0 bridgehead atoms. The smallest absolute Gasteiger partial charge is 0.354 e. The fourth-order valence-electron chi connectivity index (χ4n) is 2.95. The van der Waals surface area contributed by atoms with Gasteiger partial charge in [0.05, 0.1) is 6.33 Å². The first kappa shape index (κ1) is 16.7. The summed E-state index contributed by atoms with van der Waals surface area (Å²) < 4.78 is 18.0. The van der Waals surface area contributed by atoms with Crippen LogP contribution in [0.2, 0.25) is 0 Å². The molecule has 1 aliphatic heterocycles. The average molecular weight is 370 g/mol. The molecule has 25 heavy (non-hydrogen) atoms. The summed E-state index contributed by atoms with van der Waals surface area (Å²) in [6.45, 7) is 0.244. The highest BCUT2D eigenvalue weighted by atomic mass is 31.2. The number of fused-ring (bicyclic) bond motifs is 1. The second-order valence-corrected chi connectivity index (χ2v) is 8.24. The number of imidazole rings is 1. The Morgan fingerprint density at radius 1 is 1.40 bits per heavy atom. The molecule has 1 saturated carbocycles. The molecule has 0 aromatic carbocycles. The number of nitrogens with zero attached hydrogens (tertiary/aromatic N) is 4. The number of hydrogen-bond donors (Lipinski definition) is 5. The maximum atomic E-state index is 11.3. The van der Waals surface area contributed by atoms with E-state index in [1.807, 2.05) is 0 Å². The van der Waals surface area contributed by atoms with E-state index in [4.69, 9.17) is 10.5 Å². The van der Waals surface area contributed by atoms with E-state index in [1.165, 1.54) is 0 Å². The van der Waals surface area contributed by atoms with Crippen LogP contribution in [0, 0.1) is 5.92 Å². The maximum Gasteiger partial charge on any atom is 0.354 e. The van der Waals surface area contributed by atoms with Crippen LogP contribution in [-0.2, 0) is 15.8 Å². The molecular formula is C13H19N6O5P. The molecule has 2 aromatic heterocycles. The van der Waals surface area contributed by atoms with Gasteiger partial charge in [-0.3, -0.25) is 4.57 Å². The molecule has 0 radical (unpaired) electrons. The number of ether oxygens (including phenoxy) is 1. The number of anilines is 2. The second-order valence-electron chi connectivity index (χ2n) is 6.48. The lowest BCUT2D eigenvalue weighted by molar-refractivity contribution is -0.0968. The summed E-state index contributed by atoms with van der Waals surface area (Å²) in [7, 11) is -4.41. The van der Waals surface area contributed by atoms with Crippen LogP contribution in [-0.4, -0.2) is 52.6 Å². The largest absolute Gasteiger partial charge is 0.368 e.